The number of benzene rings is 1. The zero-order chi connectivity index (χ0) is 19.1. The van der Waals surface area contributed by atoms with Crippen LogP contribution in [0.2, 0.25) is 0 Å². The van der Waals surface area contributed by atoms with E-state index in [9.17, 15) is 4.79 Å². The lowest BCUT2D eigenvalue weighted by atomic mass is 9.91. The molecule has 0 N–H and O–H groups in total. The minimum Gasteiger partial charge on any atom is -0.300 e. The van der Waals surface area contributed by atoms with Gasteiger partial charge in [-0.2, -0.15) is 5.26 Å². The van der Waals surface area contributed by atoms with E-state index in [2.05, 4.69) is 37.0 Å². The van der Waals surface area contributed by atoms with E-state index >= 15 is 0 Å². The SMILES string of the molecule is CC.CCCC(Cc1ccncc1C#N)C(C)=O.Cc1ccccc1. The molecule has 0 radical (unpaired) electrons. The smallest absolute Gasteiger partial charge is 0.133 e. The number of aromatic nitrogens is 1. The molecule has 2 rings (SSSR count). The first-order chi connectivity index (χ1) is 12.1. The fraction of sp³-hybridized carbons (Fsp3) is 0.409. The highest BCUT2D eigenvalue weighted by Crippen LogP contribution is 2.17. The average molecular weight is 338 g/mol. The van der Waals surface area contributed by atoms with Crippen LogP contribution in [0.15, 0.2) is 48.8 Å². The number of pyridine rings is 1. The maximum atomic E-state index is 11.4. The van der Waals surface area contributed by atoms with Gasteiger partial charge in [0.1, 0.15) is 11.9 Å². The lowest BCUT2D eigenvalue weighted by molar-refractivity contribution is -0.120. The second kappa shape index (κ2) is 13.9. The van der Waals surface area contributed by atoms with E-state index in [0.717, 1.165) is 18.4 Å². The van der Waals surface area contributed by atoms with Crippen LogP contribution in [0.3, 0.4) is 0 Å². The summed E-state index contributed by atoms with van der Waals surface area (Å²) in [6, 6.07) is 14.2. The lowest BCUT2D eigenvalue weighted by Gasteiger charge is -2.13. The van der Waals surface area contributed by atoms with E-state index in [1.807, 2.05) is 38.1 Å². The van der Waals surface area contributed by atoms with Gasteiger partial charge in [-0.15, -0.1) is 0 Å². The van der Waals surface area contributed by atoms with Crippen LogP contribution in [0, 0.1) is 24.2 Å². The van der Waals surface area contributed by atoms with Crippen LogP contribution in [-0.2, 0) is 11.2 Å². The molecule has 1 aromatic heterocycles. The largest absolute Gasteiger partial charge is 0.300 e. The summed E-state index contributed by atoms with van der Waals surface area (Å²) in [5.41, 5.74) is 2.82. The second-order valence-corrected chi connectivity index (χ2v) is 5.60. The van der Waals surface area contributed by atoms with Crippen LogP contribution in [0.25, 0.3) is 0 Å². The molecule has 2 aromatic rings. The summed E-state index contributed by atoms with van der Waals surface area (Å²) >= 11 is 0. The summed E-state index contributed by atoms with van der Waals surface area (Å²) in [6.45, 7) is 9.77. The van der Waals surface area contributed by atoms with E-state index < -0.39 is 0 Å². The molecule has 0 bridgehead atoms. The van der Waals surface area contributed by atoms with Gasteiger partial charge in [-0.05, 0) is 38.3 Å². The van der Waals surface area contributed by atoms with Crippen molar-refractivity contribution in [2.45, 2.75) is 53.9 Å². The Labute approximate surface area is 152 Å². The van der Waals surface area contributed by atoms with Crippen molar-refractivity contribution < 1.29 is 4.79 Å². The molecule has 3 heteroatoms. The maximum absolute atomic E-state index is 11.4. The monoisotopic (exact) mass is 338 g/mol. The van der Waals surface area contributed by atoms with Gasteiger partial charge in [-0.1, -0.05) is 63.1 Å². The van der Waals surface area contributed by atoms with Gasteiger partial charge >= 0.3 is 0 Å². The molecule has 1 unspecified atom stereocenters. The Morgan fingerprint density at radius 2 is 1.84 bits per heavy atom. The Balaban J connectivity index is 0.000000530. The predicted molar refractivity (Wildman–Crippen MR) is 104 cm³/mol. The molecule has 3 nitrogen and oxygen atoms in total. The summed E-state index contributed by atoms with van der Waals surface area (Å²) in [4.78, 5) is 15.3. The highest BCUT2D eigenvalue weighted by molar-refractivity contribution is 5.78. The summed E-state index contributed by atoms with van der Waals surface area (Å²) in [5, 5.41) is 8.92. The number of nitrogens with zero attached hydrogens (tertiary/aromatic N) is 2. The van der Waals surface area contributed by atoms with E-state index in [1.54, 1.807) is 19.3 Å². The number of hydrogen-bond donors (Lipinski definition) is 0. The normalized spacial score (nSPS) is 10.2. The highest BCUT2D eigenvalue weighted by Gasteiger charge is 2.15. The molecule has 0 spiro atoms. The summed E-state index contributed by atoms with van der Waals surface area (Å²) in [6.07, 6.45) is 5.73. The van der Waals surface area contributed by atoms with Crippen molar-refractivity contribution >= 4 is 5.78 Å². The Morgan fingerprint density at radius 3 is 2.28 bits per heavy atom. The number of ketones is 1. The molecular formula is C22H30N2O. The fourth-order valence-electron chi connectivity index (χ4n) is 2.30. The lowest BCUT2D eigenvalue weighted by Crippen LogP contribution is -2.14. The van der Waals surface area contributed by atoms with Crippen LogP contribution in [0.4, 0.5) is 0 Å². The third-order valence-corrected chi connectivity index (χ3v) is 3.65. The van der Waals surface area contributed by atoms with Crippen molar-refractivity contribution in [1.29, 1.82) is 5.26 Å². The van der Waals surface area contributed by atoms with Gasteiger partial charge in [0.25, 0.3) is 0 Å². The van der Waals surface area contributed by atoms with E-state index in [0.29, 0.717) is 12.0 Å². The highest BCUT2D eigenvalue weighted by atomic mass is 16.1. The van der Waals surface area contributed by atoms with Crippen LogP contribution < -0.4 is 0 Å². The minimum absolute atomic E-state index is 0.0273. The first-order valence-electron chi connectivity index (χ1n) is 8.93. The van der Waals surface area contributed by atoms with Crippen LogP contribution in [-0.4, -0.2) is 10.8 Å². The Kier molecular flexibility index (Phi) is 12.5. The number of hydrogen-bond acceptors (Lipinski definition) is 3. The molecule has 0 saturated carbocycles. The molecule has 1 atom stereocenters. The number of Topliss-reactive ketones (excluding diaryl/α,β-unsaturated/α-hetero) is 1. The molecule has 0 fully saturated rings. The zero-order valence-electron chi connectivity index (χ0n) is 16.1. The first-order valence-corrected chi connectivity index (χ1v) is 8.93. The average Bonchev–Trinajstić information content (AvgIpc) is 2.64. The molecule has 0 aliphatic carbocycles. The summed E-state index contributed by atoms with van der Waals surface area (Å²) in [7, 11) is 0. The standard InChI is InChI=1S/C13H16N2O.C7H8.C2H6/c1-3-4-11(10(2)16)7-12-5-6-15-9-13(12)8-14;1-7-5-3-2-4-6-7;1-2/h5-6,9,11H,3-4,7H2,1-2H3;2-6H,1H3;1-2H3. The van der Waals surface area contributed by atoms with Gasteiger partial charge in [-0.25, -0.2) is 0 Å². The van der Waals surface area contributed by atoms with Crippen LogP contribution in [0.1, 0.15) is 57.2 Å². The summed E-state index contributed by atoms with van der Waals surface area (Å²) in [5.74, 6) is 0.224. The second-order valence-electron chi connectivity index (χ2n) is 5.60. The third-order valence-electron chi connectivity index (χ3n) is 3.65. The topological polar surface area (TPSA) is 53.8 Å². The Hall–Kier alpha value is -2.47. The van der Waals surface area contributed by atoms with Crippen molar-refractivity contribution in [2.75, 3.05) is 0 Å². The van der Waals surface area contributed by atoms with Crippen molar-refractivity contribution in [3.05, 3.63) is 65.5 Å². The molecule has 0 aliphatic rings. The van der Waals surface area contributed by atoms with Crippen molar-refractivity contribution in [3.8, 4) is 6.07 Å². The van der Waals surface area contributed by atoms with E-state index in [-0.39, 0.29) is 11.7 Å². The van der Waals surface area contributed by atoms with Crippen molar-refractivity contribution in [2.24, 2.45) is 5.92 Å². The molecule has 0 amide bonds. The Bertz CT molecular complexity index is 645. The molecule has 0 saturated heterocycles. The third kappa shape index (κ3) is 9.42. The molecule has 25 heavy (non-hydrogen) atoms. The van der Waals surface area contributed by atoms with Gasteiger partial charge in [0.15, 0.2) is 0 Å². The van der Waals surface area contributed by atoms with Gasteiger partial charge in [-0.3, -0.25) is 9.78 Å². The fourth-order valence-corrected chi connectivity index (χ4v) is 2.30. The van der Waals surface area contributed by atoms with E-state index in [1.165, 1.54) is 5.56 Å². The maximum Gasteiger partial charge on any atom is 0.133 e. The molecular weight excluding hydrogens is 308 g/mol. The summed E-state index contributed by atoms with van der Waals surface area (Å²) < 4.78 is 0. The number of rotatable bonds is 5. The number of aryl methyl sites for hydroxylation is 1. The van der Waals surface area contributed by atoms with Gasteiger partial charge in [0.05, 0.1) is 5.56 Å². The molecule has 1 heterocycles. The zero-order valence-corrected chi connectivity index (χ0v) is 16.1. The van der Waals surface area contributed by atoms with Gasteiger partial charge in [0.2, 0.25) is 0 Å². The van der Waals surface area contributed by atoms with Gasteiger partial charge < -0.3 is 0 Å². The van der Waals surface area contributed by atoms with Crippen molar-refractivity contribution in [3.63, 3.8) is 0 Å². The Morgan fingerprint density at radius 1 is 1.20 bits per heavy atom. The molecule has 134 valence electrons. The number of carbonyl (C=O) groups is 1. The number of carbonyl (C=O) groups excluding carboxylic acids is 1. The minimum atomic E-state index is 0.0273. The van der Waals surface area contributed by atoms with Crippen LogP contribution >= 0.6 is 0 Å². The molecule has 1 aromatic carbocycles. The van der Waals surface area contributed by atoms with Crippen molar-refractivity contribution in [1.82, 2.24) is 4.98 Å². The quantitative estimate of drug-likeness (QED) is 0.721. The first kappa shape index (κ1) is 22.5. The molecule has 0 aliphatic heterocycles. The van der Waals surface area contributed by atoms with Crippen LogP contribution in [0.5, 0.6) is 0 Å². The van der Waals surface area contributed by atoms with E-state index in [4.69, 9.17) is 5.26 Å². The number of nitriles is 1. The van der Waals surface area contributed by atoms with Gasteiger partial charge in [0, 0.05) is 18.3 Å². The predicted octanol–water partition coefficient (Wildman–Crippen LogP) is 5.52.